The minimum Gasteiger partial charge on any atom is -0.466 e. The zero-order valence-corrected chi connectivity index (χ0v) is 12.8. The van der Waals surface area contributed by atoms with Crippen molar-refractivity contribution in [3.63, 3.8) is 0 Å². The lowest BCUT2D eigenvalue weighted by Gasteiger charge is -2.21. The van der Waals surface area contributed by atoms with Gasteiger partial charge in [-0.05, 0) is 24.5 Å². The first-order valence-electron chi connectivity index (χ1n) is 6.47. The predicted octanol–water partition coefficient (Wildman–Crippen LogP) is 2.23. The summed E-state index contributed by atoms with van der Waals surface area (Å²) < 4.78 is 5.09. The number of nitrogen functional groups attached to an aromatic ring is 1. The molecule has 6 heteroatoms. The molecule has 1 rings (SSSR count). The highest BCUT2D eigenvalue weighted by atomic mass is 32.2. The molecule has 0 aliphatic carbocycles. The van der Waals surface area contributed by atoms with E-state index < -0.39 is 0 Å². The standard InChI is InChI=1S/C14H20N2O3S/c1-4-19-14(18)12(8-20-10(3)17)9(2)11-5-6-13(15)16-7-11/h5-7,9,12H,4,8H2,1-3H3,(H2,15,16). The van der Waals surface area contributed by atoms with Gasteiger partial charge in [0.25, 0.3) is 0 Å². The summed E-state index contributed by atoms with van der Waals surface area (Å²) in [5.74, 6) is 0.0836. The lowest BCUT2D eigenvalue weighted by atomic mass is 9.90. The van der Waals surface area contributed by atoms with Crippen molar-refractivity contribution in [1.29, 1.82) is 0 Å². The number of carbonyl (C=O) groups excluding carboxylic acids is 2. The maximum Gasteiger partial charge on any atom is 0.310 e. The molecule has 0 aliphatic rings. The van der Waals surface area contributed by atoms with Gasteiger partial charge in [-0.15, -0.1) is 0 Å². The van der Waals surface area contributed by atoms with Gasteiger partial charge in [0.05, 0.1) is 12.5 Å². The Morgan fingerprint density at radius 2 is 2.15 bits per heavy atom. The SMILES string of the molecule is CCOC(=O)C(CSC(C)=O)C(C)c1ccc(N)nc1. The Morgan fingerprint density at radius 3 is 2.65 bits per heavy atom. The predicted molar refractivity (Wildman–Crippen MR) is 80.3 cm³/mol. The van der Waals surface area contributed by atoms with E-state index in [0.717, 1.165) is 17.3 Å². The molecule has 0 radical (unpaired) electrons. The Kier molecular flexibility index (Phi) is 6.51. The molecule has 20 heavy (non-hydrogen) atoms. The smallest absolute Gasteiger partial charge is 0.310 e. The molecule has 0 aliphatic heterocycles. The fourth-order valence-corrected chi connectivity index (χ4v) is 2.63. The van der Waals surface area contributed by atoms with Crippen molar-refractivity contribution in [3.8, 4) is 0 Å². The minimum absolute atomic E-state index is 0.0121. The Hall–Kier alpha value is -1.56. The molecule has 1 aromatic rings. The molecule has 5 nitrogen and oxygen atoms in total. The van der Waals surface area contributed by atoms with Gasteiger partial charge in [0, 0.05) is 18.9 Å². The number of ether oxygens (including phenoxy) is 1. The minimum atomic E-state index is -0.380. The molecule has 0 amide bonds. The van der Waals surface area contributed by atoms with E-state index in [0.29, 0.717) is 18.2 Å². The van der Waals surface area contributed by atoms with E-state index in [1.807, 2.05) is 13.0 Å². The average molecular weight is 296 g/mol. The largest absolute Gasteiger partial charge is 0.466 e. The average Bonchev–Trinajstić information content (AvgIpc) is 2.39. The fourth-order valence-electron chi connectivity index (χ4n) is 1.79. The van der Waals surface area contributed by atoms with E-state index in [1.54, 1.807) is 19.2 Å². The fraction of sp³-hybridized carbons (Fsp3) is 0.500. The van der Waals surface area contributed by atoms with Gasteiger partial charge in [0.2, 0.25) is 0 Å². The van der Waals surface area contributed by atoms with Gasteiger partial charge in [0.1, 0.15) is 5.82 Å². The van der Waals surface area contributed by atoms with Crippen molar-refractivity contribution in [2.24, 2.45) is 5.92 Å². The van der Waals surface area contributed by atoms with Crippen LogP contribution in [0, 0.1) is 5.92 Å². The van der Waals surface area contributed by atoms with Crippen LogP contribution in [0.15, 0.2) is 18.3 Å². The van der Waals surface area contributed by atoms with Gasteiger partial charge in [-0.3, -0.25) is 9.59 Å². The number of pyridine rings is 1. The van der Waals surface area contributed by atoms with Crippen molar-refractivity contribution < 1.29 is 14.3 Å². The zero-order valence-electron chi connectivity index (χ0n) is 12.0. The van der Waals surface area contributed by atoms with Gasteiger partial charge < -0.3 is 10.5 Å². The van der Waals surface area contributed by atoms with E-state index in [2.05, 4.69) is 4.98 Å². The molecule has 2 N–H and O–H groups in total. The Balaban J connectivity index is 2.87. The summed E-state index contributed by atoms with van der Waals surface area (Å²) in [6.45, 7) is 5.51. The van der Waals surface area contributed by atoms with Crippen LogP contribution in [0.3, 0.4) is 0 Å². The molecule has 2 atom stereocenters. The molecular formula is C14H20N2O3S. The van der Waals surface area contributed by atoms with Crippen molar-refractivity contribution in [2.45, 2.75) is 26.7 Å². The van der Waals surface area contributed by atoms with Gasteiger partial charge in [-0.1, -0.05) is 24.8 Å². The Labute approximate surface area is 123 Å². The summed E-state index contributed by atoms with van der Waals surface area (Å²) in [5, 5.41) is -0.0121. The van der Waals surface area contributed by atoms with E-state index >= 15 is 0 Å². The number of aromatic nitrogens is 1. The second kappa shape index (κ2) is 7.89. The molecule has 1 heterocycles. The van der Waals surface area contributed by atoms with Crippen LogP contribution in [0.2, 0.25) is 0 Å². The van der Waals surface area contributed by atoms with Crippen LogP contribution in [-0.4, -0.2) is 28.4 Å². The molecule has 0 saturated carbocycles. The molecule has 0 fully saturated rings. The van der Waals surface area contributed by atoms with Crippen LogP contribution in [0.5, 0.6) is 0 Å². The lowest BCUT2D eigenvalue weighted by Crippen LogP contribution is -2.26. The number of carbonyl (C=O) groups is 2. The number of nitrogens with two attached hydrogens (primary N) is 1. The monoisotopic (exact) mass is 296 g/mol. The van der Waals surface area contributed by atoms with Crippen LogP contribution < -0.4 is 5.73 Å². The summed E-state index contributed by atoms with van der Waals surface area (Å²) in [6, 6.07) is 3.55. The summed E-state index contributed by atoms with van der Waals surface area (Å²) in [7, 11) is 0. The maximum atomic E-state index is 12.0. The van der Waals surface area contributed by atoms with Crippen LogP contribution in [0.4, 0.5) is 5.82 Å². The number of esters is 1. The molecule has 0 bridgehead atoms. The number of hydrogen-bond donors (Lipinski definition) is 1. The summed E-state index contributed by atoms with van der Waals surface area (Å²) in [6.07, 6.45) is 1.66. The van der Waals surface area contributed by atoms with E-state index in [9.17, 15) is 9.59 Å². The molecule has 0 aromatic carbocycles. The summed E-state index contributed by atoms with van der Waals surface area (Å²) in [5.41, 5.74) is 6.46. The second-order valence-corrected chi connectivity index (χ2v) is 5.66. The van der Waals surface area contributed by atoms with E-state index in [1.165, 1.54) is 6.92 Å². The third-order valence-corrected chi connectivity index (χ3v) is 3.93. The van der Waals surface area contributed by atoms with Crippen LogP contribution in [0.1, 0.15) is 32.3 Å². The van der Waals surface area contributed by atoms with Gasteiger partial charge in [0.15, 0.2) is 5.12 Å². The highest BCUT2D eigenvalue weighted by molar-refractivity contribution is 8.13. The first-order chi connectivity index (χ1) is 9.45. The molecule has 0 spiro atoms. The molecule has 2 unspecified atom stereocenters. The first-order valence-corrected chi connectivity index (χ1v) is 7.45. The third kappa shape index (κ3) is 4.85. The number of nitrogens with zero attached hydrogens (tertiary/aromatic N) is 1. The summed E-state index contributed by atoms with van der Waals surface area (Å²) in [4.78, 5) is 27.2. The third-order valence-electron chi connectivity index (χ3n) is 2.99. The topological polar surface area (TPSA) is 82.3 Å². The second-order valence-electron chi connectivity index (χ2n) is 4.47. The lowest BCUT2D eigenvalue weighted by molar-refractivity contribution is -0.147. The van der Waals surface area contributed by atoms with E-state index in [4.69, 9.17) is 10.5 Å². The number of rotatable bonds is 6. The van der Waals surface area contributed by atoms with Crippen molar-refractivity contribution in [1.82, 2.24) is 4.98 Å². The molecule has 1 aromatic heterocycles. The van der Waals surface area contributed by atoms with Gasteiger partial charge >= 0.3 is 5.97 Å². The quantitative estimate of drug-likeness (QED) is 0.811. The van der Waals surface area contributed by atoms with E-state index in [-0.39, 0.29) is 22.9 Å². The Morgan fingerprint density at radius 1 is 1.45 bits per heavy atom. The highest BCUT2D eigenvalue weighted by Crippen LogP contribution is 2.28. The Bertz CT molecular complexity index is 462. The number of hydrogen-bond acceptors (Lipinski definition) is 6. The molecule has 0 saturated heterocycles. The summed E-state index contributed by atoms with van der Waals surface area (Å²) >= 11 is 1.13. The van der Waals surface area contributed by atoms with Gasteiger partial charge in [-0.2, -0.15) is 0 Å². The highest BCUT2D eigenvalue weighted by Gasteiger charge is 2.28. The first kappa shape index (κ1) is 16.5. The van der Waals surface area contributed by atoms with Crippen molar-refractivity contribution in [3.05, 3.63) is 23.9 Å². The zero-order chi connectivity index (χ0) is 15.1. The van der Waals surface area contributed by atoms with Gasteiger partial charge in [-0.25, -0.2) is 4.98 Å². The molecule has 110 valence electrons. The van der Waals surface area contributed by atoms with Crippen molar-refractivity contribution in [2.75, 3.05) is 18.1 Å². The molecular weight excluding hydrogens is 276 g/mol. The number of anilines is 1. The maximum absolute atomic E-state index is 12.0. The number of thioether (sulfide) groups is 1. The van der Waals surface area contributed by atoms with Crippen LogP contribution in [0.25, 0.3) is 0 Å². The van der Waals surface area contributed by atoms with Crippen LogP contribution in [-0.2, 0) is 14.3 Å². The van der Waals surface area contributed by atoms with Crippen molar-refractivity contribution >= 4 is 28.7 Å². The van der Waals surface area contributed by atoms with Crippen LogP contribution >= 0.6 is 11.8 Å². The normalized spacial score (nSPS) is 13.6.